The first kappa shape index (κ1) is 17.9. The summed E-state index contributed by atoms with van der Waals surface area (Å²) in [4.78, 5) is 27.0. The van der Waals surface area contributed by atoms with E-state index >= 15 is 0 Å². The number of likely N-dealkylation sites (tertiary alicyclic amines) is 1. The molecule has 0 radical (unpaired) electrons. The predicted octanol–water partition coefficient (Wildman–Crippen LogP) is 3.67. The number of carbonyl (C=O) groups excluding carboxylic acids is 2. The maximum absolute atomic E-state index is 12.5. The monoisotopic (exact) mass is 362 g/mol. The van der Waals surface area contributed by atoms with E-state index in [0.29, 0.717) is 24.1 Å². The Bertz CT molecular complexity index is 801. The lowest BCUT2D eigenvalue weighted by Gasteiger charge is -2.24. The summed E-state index contributed by atoms with van der Waals surface area (Å²) < 4.78 is 0. The van der Waals surface area contributed by atoms with Crippen LogP contribution < -0.4 is 5.32 Å². The highest BCUT2D eigenvalue weighted by Gasteiger charge is 2.31. The molecule has 2 saturated heterocycles. The van der Waals surface area contributed by atoms with Crippen molar-refractivity contribution in [1.29, 1.82) is 0 Å². The van der Waals surface area contributed by atoms with Gasteiger partial charge in [-0.3, -0.25) is 9.59 Å². The third kappa shape index (κ3) is 4.28. The molecule has 2 aliphatic rings. The number of nitrogens with one attached hydrogen (secondary N) is 1. The second kappa shape index (κ2) is 8.05. The van der Waals surface area contributed by atoms with E-state index in [1.807, 2.05) is 47.4 Å². The highest BCUT2D eigenvalue weighted by atomic mass is 16.2. The third-order valence-corrected chi connectivity index (χ3v) is 5.76. The van der Waals surface area contributed by atoms with Crippen LogP contribution in [0.3, 0.4) is 0 Å². The summed E-state index contributed by atoms with van der Waals surface area (Å²) in [5.74, 6) is 0.149. The fourth-order valence-electron chi connectivity index (χ4n) is 4.17. The molecule has 2 bridgehead atoms. The SMILES string of the molecule is O=C(CCC(=O)N1CCC2CCC(C1)N2)c1ccc(-c2ccccc2)cc1. The fourth-order valence-corrected chi connectivity index (χ4v) is 4.17. The van der Waals surface area contributed by atoms with Crippen molar-refractivity contribution in [3.05, 3.63) is 60.2 Å². The zero-order valence-corrected chi connectivity index (χ0v) is 15.6. The van der Waals surface area contributed by atoms with Crippen LogP contribution in [0.1, 0.15) is 42.5 Å². The molecule has 0 aliphatic carbocycles. The number of hydrogen-bond donors (Lipinski definition) is 1. The first-order valence-corrected chi connectivity index (χ1v) is 9.91. The molecule has 4 rings (SSSR count). The van der Waals surface area contributed by atoms with E-state index in [9.17, 15) is 9.59 Å². The van der Waals surface area contributed by atoms with Gasteiger partial charge in [0.25, 0.3) is 0 Å². The average Bonchev–Trinajstić information content (AvgIpc) is 3.05. The Morgan fingerprint density at radius 3 is 2.33 bits per heavy atom. The molecule has 1 amide bonds. The summed E-state index contributed by atoms with van der Waals surface area (Å²) in [7, 11) is 0. The lowest BCUT2D eigenvalue weighted by molar-refractivity contribution is -0.131. The van der Waals surface area contributed by atoms with Gasteiger partial charge in [0.2, 0.25) is 5.91 Å². The van der Waals surface area contributed by atoms with E-state index in [1.54, 1.807) is 0 Å². The second-order valence-corrected chi connectivity index (χ2v) is 7.63. The summed E-state index contributed by atoms with van der Waals surface area (Å²) in [6.45, 7) is 1.60. The lowest BCUT2D eigenvalue weighted by atomic mass is 10.0. The molecule has 0 saturated carbocycles. The van der Waals surface area contributed by atoms with E-state index in [0.717, 1.165) is 37.1 Å². The van der Waals surface area contributed by atoms with Crippen molar-refractivity contribution in [2.24, 2.45) is 0 Å². The quantitative estimate of drug-likeness (QED) is 0.826. The molecule has 2 aromatic carbocycles. The number of nitrogens with zero attached hydrogens (tertiary/aromatic N) is 1. The van der Waals surface area contributed by atoms with E-state index in [-0.39, 0.29) is 18.1 Å². The average molecular weight is 362 g/mol. The Hall–Kier alpha value is -2.46. The van der Waals surface area contributed by atoms with Gasteiger partial charge < -0.3 is 10.2 Å². The highest BCUT2D eigenvalue weighted by molar-refractivity contribution is 5.98. The number of carbonyl (C=O) groups is 2. The van der Waals surface area contributed by atoms with Gasteiger partial charge in [0.05, 0.1) is 0 Å². The van der Waals surface area contributed by atoms with Gasteiger partial charge in [-0.25, -0.2) is 0 Å². The van der Waals surface area contributed by atoms with Crippen LogP contribution in [0.15, 0.2) is 54.6 Å². The van der Waals surface area contributed by atoms with Gasteiger partial charge in [0, 0.05) is 43.6 Å². The molecule has 140 valence electrons. The third-order valence-electron chi connectivity index (χ3n) is 5.76. The standard InChI is InChI=1S/C23H26N2O2/c26-22(19-8-6-18(7-9-19)17-4-2-1-3-5-17)12-13-23(27)25-15-14-20-10-11-21(16-25)24-20/h1-9,20-21,24H,10-16H2. The van der Waals surface area contributed by atoms with Crippen LogP contribution in [-0.4, -0.2) is 41.8 Å². The maximum atomic E-state index is 12.5. The van der Waals surface area contributed by atoms with Crippen LogP contribution in [0.2, 0.25) is 0 Å². The first-order chi connectivity index (χ1) is 13.2. The number of amides is 1. The predicted molar refractivity (Wildman–Crippen MR) is 107 cm³/mol. The Balaban J connectivity index is 1.32. The summed E-state index contributed by atoms with van der Waals surface area (Å²) in [5, 5.41) is 3.59. The van der Waals surface area contributed by atoms with Crippen molar-refractivity contribution in [2.45, 2.75) is 44.2 Å². The second-order valence-electron chi connectivity index (χ2n) is 7.63. The minimum Gasteiger partial charge on any atom is -0.341 e. The number of hydrogen-bond acceptors (Lipinski definition) is 3. The van der Waals surface area contributed by atoms with Gasteiger partial charge in [-0.05, 0) is 30.4 Å². The Morgan fingerprint density at radius 1 is 0.852 bits per heavy atom. The molecule has 2 atom stereocenters. The largest absolute Gasteiger partial charge is 0.341 e. The zero-order valence-electron chi connectivity index (χ0n) is 15.6. The van der Waals surface area contributed by atoms with Crippen LogP contribution >= 0.6 is 0 Å². The summed E-state index contributed by atoms with van der Waals surface area (Å²) in [6.07, 6.45) is 3.99. The molecule has 2 aromatic rings. The van der Waals surface area contributed by atoms with Gasteiger partial charge in [-0.1, -0.05) is 54.6 Å². The summed E-state index contributed by atoms with van der Waals surface area (Å²) in [5.41, 5.74) is 2.91. The minimum absolute atomic E-state index is 0.0393. The van der Waals surface area contributed by atoms with Crippen molar-refractivity contribution in [2.75, 3.05) is 13.1 Å². The smallest absolute Gasteiger partial charge is 0.223 e. The van der Waals surface area contributed by atoms with E-state index in [2.05, 4.69) is 17.4 Å². The van der Waals surface area contributed by atoms with Crippen molar-refractivity contribution in [3.63, 3.8) is 0 Å². The molecule has 0 aromatic heterocycles. The molecule has 2 unspecified atom stereocenters. The first-order valence-electron chi connectivity index (χ1n) is 9.91. The van der Waals surface area contributed by atoms with Gasteiger partial charge in [-0.2, -0.15) is 0 Å². The Morgan fingerprint density at radius 2 is 1.56 bits per heavy atom. The van der Waals surface area contributed by atoms with Gasteiger partial charge in [0.15, 0.2) is 5.78 Å². The number of benzene rings is 2. The van der Waals surface area contributed by atoms with Crippen LogP contribution in [0, 0.1) is 0 Å². The van der Waals surface area contributed by atoms with Crippen LogP contribution in [0.4, 0.5) is 0 Å². The number of Topliss-reactive ketones (excluding diaryl/α,β-unsaturated/α-hetero) is 1. The fraction of sp³-hybridized carbons (Fsp3) is 0.391. The van der Waals surface area contributed by atoms with Crippen molar-refractivity contribution < 1.29 is 9.59 Å². The Labute approximate surface area is 160 Å². The molecule has 2 heterocycles. The van der Waals surface area contributed by atoms with Crippen LogP contribution in [0.25, 0.3) is 11.1 Å². The molecule has 4 heteroatoms. The minimum atomic E-state index is 0.0393. The van der Waals surface area contributed by atoms with Crippen LogP contribution in [-0.2, 0) is 4.79 Å². The molecule has 2 fully saturated rings. The van der Waals surface area contributed by atoms with E-state index in [4.69, 9.17) is 0 Å². The molecular weight excluding hydrogens is 336 g/mol. The molecule has 0 spiro atoms. The molecule has 1 N–H and O–H groups in total. The van der Waals surface area contributed by atoms with Gasteiger partial charge >= 0.3 is 0 Å². The topological polar surface area (TPSA) is 49.4 Å². The molecular formula is C23H26N2O2. The summed E-state index contributed by atoms with van der Waals surface area (Å²) in [6, 6.07) is 18.8. The summed E-state index contributed by atoms with van der Waals surface area (Å²) >= 11 is 0. The van der Waals surface area contributed by atoms with Gasteiger partial charge in [0.1, 0.15) is 0 Å². The van der Waals surface area contributed by atoms with E-state index in [1.165, 1.54) is 6.42 Å². The Kier molecular flexibility index (Phi) is 5.35. The highest BCUT2D eigenvalue weighted by Crippen LogP contribution is 2.22. The normalized spacial score (nSPS) is 21.7. The van der Waals surface area contributed by atoms with Crippen molar-refractivity contribution >= 4 is 11.7 Å². The number of fused-ring (bicyclic) bond motifs is 2. The van der Waals surface area contributed by atoms with Crippen molar-refractivity contribution in [1.82, 2.24) is 10.2 Å². The van der Waals surface area contributed by atoms with E-state index < -0.39 is 0 Å². The lowest BCUT2D eigenvalue weighted by Crippen LogP contribution is -2.39. The molecule has 27 heavy (non-hydrogen) atoms. The number of rotatable bonds is 5. The van der Waals surface area contributed by atoms with Crippen molar-refractivity contribution in [3.8, 4) is 11.1 Å². The maximum Gasteiger partial charge on any atom is 0.223 e. The zero-order chi connectivity index (χ0) is 18.6. The van der Waals surface area contributed by atoms with Crippen LogP contribution in [0.5, 0.6) is 0 Å². The molecule has 2 aliphatic heterocycles. The van der Waals surface area contributed by atoms with Gasteiger partial charge in [-0.15, -0.1) is 0 Å². The number of ketones is 1. The molecule has 4 nitrogen and oxygen atoms in total.